The van der Waals surface area contributed by atoms with Crippen LogP contribution in [0.15, 0.2) is 12.1 Å². The highest BCUT2D eigenvalue weighted by Gasteiger charge is 2.34. The van der Waals surface area contributed by atoms with Crippen molar-refractivity contribution >= 4 is 11.6 Å². The Hall–Kier alpha value is -0.840. The number of benzene rings is 1. The molecule has 78 valence electrons. The molecule has 0 aliphatic rings. The molecule has 0 bridgehead atoms. The predicted octanol–water partition coefficient (Wildman–Crippen LogP) is 3.72. The Balaban J connectivity index is 3.35. The second-order valence-electron chi connectivity index (χ2n) is 2.55. The maximum atomic E-state index is 12.5. The number of rotatable bonds is 1. The first-order valence-electron chi connectivity index (χ1n) is 3.47. The lowest BCUT2D eigenvalue weighted by Crippen LogP contribution is -2.10. The van der Waals surface area contributed by atoms with Crippen molar-refractivity contribution in [2.45, 2.75) is 12.1 Å². The molecule has 0 atom stereocenters. The summed E-state index contributed by atoms with van der Waals surface area (Å²) in [5, 5.41) is 0. The summed E-state index contributed by atoms with van der Waals surface area (Å²) in [6, 6.07) is 0.554. The second kappa shape index (κ2) is 3.73. The lowest BCUT2D eigenvalue weighted by molar-refractivity contribution is -0.138. The number of halogens is 6. The van der Waals surface area contributed by atoms with Gasteiger partial charge in [0.15, 0.2) is 11.6 Å². The number of hydrogen-bond acceptors (Lipinski definition) is 0. The van der Waals surface area contributed by atoms with E-state index < -0.39 is 34.8 Å². The standard InChI is InChI=1S/C8H4ClF5/c9-3-4-1-6(10)7(11)2-5(4)8(12,13)14/h1-2H,3H2. The molecule has 6 heteroatoms. The van der Waals surface area contributed by atoms with Gasteiger partial charge in [-0.1, -0.05) is 0 Å². The molecular weight excluding hydrogens is 227 g/mol. The quantitative estimate of drug-likeness (QED) is 0.509. The molecule has 0 nitrogen and oxygen atoms in total. The third-order valence-corrected chi connectivity index (χ3v) is 1.88. The molecule has 0 aliphatic heterocycles. The Morgan fingerprint density at radius 1 is 1.07 bits per heavy atom. The zero-order chi connectivity index (χ0) is 10.9. The van der Waals surface area contributed by atoms with E-state index in [1.54, 1.807) is 0 Å². The molecule has 0 saturated carbocycles. The van der Waals surface area contributed by atoms with E-state index in [9.17, 15) is 22.0 Å². The normalized spacial score (nSPS) is 11.9. The minimum absolute atomic E-state index is 0.104. The third-order valence-electron chi connectivity index (χ3n) is 1.60. The second-order valence-corrected chi connectivity index (χ2v) is 2.82. The summed E-state index contributed by atoms with van der Waals surface area (Å²) in [4.78, 5) is 0. The van der Waals surface area contributed by atoms with Crippen LogP contribution in [0.25, 0.3) is 0 Å². The van der Waals surface area contributed by atoms with Crippen molar-refractivity contribution in [2.24, 2.45) is 0 Å². The van der Waals surface area contributed by atoms with Crippen LogP contribution in [0.4, 0.5) is 22.0 Å². The molecule has 0 aliphatic carbocycles. The minimum Gasteiger partial charge on any atom is -0.204 e. The van der Waals surface area contributed by atoms with Crippen molar-refractivity contribution in [3.8, 4) is 0 Å². The topological polar surface area (TPSA) is 0 Å². The average molecular weight is 231 g/mol. The van der Waals surface area contributed by atoms with Crippen LogP contribution >= 0.6 is 11.6 Å². The first-order valence-corrected chi connectivity index (χ1v) is 4.00. The summed E-state index contributed by atoms with van der Waals surface area (Å²) in [5.74, 6) is -3.40. The maximum absolute atomic E-state index is 12.5. The predicted molar refractivity (Wildman–Crippen MR) is 40.9 cm³/mol. The monoisotopic (exact) mass is 230 g/mol. The van der Waals surface area contributed by atoms with Crippen LogP contribution in [-0.4, -0.2) is 0 Å². The molecule has 1 rings (SSSR count). The van der Waals surface area contributed by atoms with Gasteiger partial charge >= 0.3 is 6.18 Å². The fraction of sp³-hybridized carbons (Fsp3) is 0.250. The van der Waals surface area contributed by atoms with Crippen molar-refractivity contribution in [1.29, 1.82) is 0 Å². The average Bonchev–Trinajstić information content (AvgIpc) is 2.07. The molecule has 0 amide bonds. The molecule has 0 fully saturated rings. The van der Waals surface area contributed by atoms with E-state index in [1.165, 1.54) is 0 Å². The molecule has 0 radical (unpaired) electrons. The first kappa shape index (κ1) is 11.2. The SMILES string of the molecule is Fc1cc(CCl)c(C(F)(F)F)cc1F. The van der Waals surface area contributed by atoms with Gasteiger partial charge in [-0.25, -0.2) is 8.78 Å². The van der Waals surface area contributed by atoms with Crippen molar-refractivity contribution in [3.63, 3.8) is 0 Å². The van der Waals surface area contributed by atoms with Gasteiger partial charge in [-0.05, 0) is 17.7 Å². The highest BCUT2D eigenvalue weighted by molar-refractivity contribution is 6.17. The van der Waals surface area contributed by atoms with Crippen LogP contribution in [0, 0.1) is 11.6 Å². The van der Waals surface area contributed by atoms with E-state index in [-0.39, 0.29) is 6.07 Å². The van der Waals surface area contributed by atoms with Gasteiger partial charge in [0.25, 0.3) is 0 Å². The molecule has 0 aromatic heterocycles. The van der Waals surface area contributed by atoms with Crippen LogP contribution in [-0.2, 0) is 12.1 Å². The zero-order valence-corrected chi connectivity index (χ0v) is 7.39. The molecular formula is C8H4ClF5. The van der Waals surface area contributed by atoms with Crippen LogP contribution in [0.3, 0.4) is 0 Å². The Bertz CT molecular complexity index is 344. The molecule has 0 heterocycles. The van der Waals surface area contributed by atoms with Gasteiger partial charge in [-0.15, -0.1) is 11.6 Å². The van der Waals surface area contributed by atoms with Crippen molar-refractivity contribution in [1.82, 2.24) is 0 Å². The summed E-state index contributed by atoms with van der Waals surface area (Å²) >= 11 is 5.17. The van der Waals surface area contributed by atoms with Crippen LogP contribution in [0.5, 0.6) is 0 Å². The van der Waals surface area contributed by atoms with Crippen LogP contribution in [0.1, 0.15) is 11.1 Å². The Morgan fingerprint density at radius 3 is 2.00 bits per heavy atom. The molecule has 0 spiro atoms. The van der Waals surface area contributed by atoms with Gasteiger partial charge in [0.05, 0.1) is 5.56 Å². The van der Waals surface area contributed by atoms with Gasteiger partial charge in [0.1, 0.15) is 0 Å². The molecule has 0 saturated heterocycles. The smallest absolute Gasteiger partial charge is 0.204 e. The van der Waals surface area contributed by atoms with Crippen molar-refractivity contribution in [2.75, 3.05) is 0 Å². The van der Waals surface area contributed by atoms with Crippen LogP contribution in [0.2, 0.25) is 0 Å². The van der Waals surface area contributed by atoms with Gasteiger partial charge < -0.3 is 0 Å². The Kier molecular flexibility index (Phi) is 2.99. The molecule has 0 unspecified atom stereocenters. The van der Waals surface area contributed by atoms with Gasteiger partial charge in [-0.2, -0.15) is 13.2 Å². The van der Waals surface area contributed by atoms with Crippen LogP contribution < -0.4 is 0 Å². The fourth-order valence-corrected chi connectivity index (χ4v) is 1.18. The Morgan fingerprint density at radius 2 is 1.57 bits per heavy atom. The maximum Gasteiger partial charge on any atom is 0.416 e. The van der Waals surface area contributed by atoms with Crippen molar-refractivity contribution in [3.05, 3.63) is 34.9 Å². The van der Waals surface area contributed by atoms with Gasteiger partial charge in [0.2, 0.25) is 0 Å². The summed E-state index contributed by atoms with van der Waals surface area (Å²) in [6.07, 6.45) is -4.72. The number of hydrogen-bond donors (Lipinski definition) is 0. The third kappa shape index (κ3) is 2.15. The molecule has 1 aromatic rings. The van der Waals surface area contributed by atoms with E-state index in [1.807, 2.05) is 0 Å². The molecule has 0 N–H and O–H groups in total. The fourth-order valence-electron chi connectivity index (χ4n) is 0.962. The largest absolute Gasteiger partial charge is 0.416 e. The Labute approximate surface area is 81.3 Å². The highest BCUT2D eigenvalue weighted by atomic mass is 35.5. The van der Waals surface area contributed by atoms with E-state index in [4.69, 9.17) is 11.6 Å². The zero-order valence-electron chi connectivity index (χ0n) is 6.63. The van der Waals surface area contributed by atoms with E-state index in [0.717, 1.165) is 0 Å². The lowest BCUT2D eigenvalue weighted by atomic mass is 10.1. The lowest BCUT2D eigenvalue weighted by Gasteiger charge is -2.11. The molecule has 14 heavy (non-hydrogen) atoms. The minimum atomic E-state index is -4.72. The summed E-state index contributed by atoms with van der Waals surface area (Å²) in [7, 11) is 0. The van der Waals surface area contributed by atoms with E-state index >= 15 is 0 Å². The van der Waals surface area contributed by atoms with Gasteiger partial charge in [-0.3, -0.25) is 0 Å². The summed E-state index contributed by atoms with van der Waals surface area (Å²) < 4.78 is 61.6. The number of alkyl halides is 4. The van der Waals surface area contributed by atoms with Crippen molar-refractivity contribution < 1.29 is 22.0 Å². The highest BCUT2D eigenvalue weighted by Crippen LogP contribution is 2.33. The summed E-state index contributed by atoms with van der Waals surface area (Å²) in [6.45, 7) is 0. The van der Waals surface area contributed by atoms with E-state index in [0.29, 0.717) is 6.07 Å². The van der Waals surface area contributed by atoms with Gasteiger partial charge in [0, 0.05) is 5.88 Å². The first-order chi connectivity index (χ1) is 6.36. The molecule has 1 aromatic carbocycles. The van der Waals surface area contributed by atoms with E-state index in [2.05, 4.69) is 0 Å². The summed E-state index contributed by atoms with van der Waals surface area (Å²) in [5.41, 5.74) is -1.72.